The Kier molecular flexibility index (Phi) is 5.94. The third-order valence-electron chi connectivity index (χ3n) is 4.93. The van der Waals surface area contributed by atoms with E-state index < -0.39 is 23.4 Å². The number of phenols is 1. The summed E-state index contributed by atoms with van der Waals surface area (Å²) >= 11 is 5.99. The number of rotatable bonds is 5. The second-order valence-corrected chi connectivity index (χ2v) is 7.49. The van der Waals surface area contributed by atoms with E-state index in [2.05, 4.69) is 0 Å². The van der Waals surface area contributed by atoms with Gasteiger partial charge in [0, 0.05) is 17.0 Å². The Morgan fingerprint density at radius 2 is 2.00 bits per heavy atom. The molecular weight excluding hydrogens is 397 g/mol. The average molecular weight is 418 g/mol. The lowest BCUT2D eigenvalue weighted by Crippen LogP contribution is -2.15. The molecule has 152 valence electrons. The van der Waals surface area contributed by atoms with Gasteiger partial charge in [0.1, 0.15) is 0 Å². The van der Waals surface area contributed by atoms with E-state index >= 15 is 0 Å². The lowest BCUT2D eigenvalue weighted by molar-refractivity contribution is -0.135. The molecule has 29 heavy (non-hydrogen) atoms. The highest BCUT2D eigenvalue weighted by atomic mass is 35.5. The number of aromatic hydroxyl groups is 1. The molecule has 0 bridgehead atoms. The summed E-state index contributed by atoms with van der Waals surface area (Å²) in [4.78, 5) is 25.5. The summed E-state index contributed by atoms with van der Waals surface area (Å²) in [6.07, 6.45) is 0.948. The number of carbonyl (C=O) groups excluding carboxylic acids is 2. The minimum atomic E-state index is -0.949. The first-order chi connectivity index (χ1) is 13.7. The van der Waals surface area contributed by atoms with Crippen molar-refractivity contribution in [2.24, 2.45) is 5.92 Å². The summed E-state index contributed by atoms with van der Waals surface area (Å²) < 4.78 is 21.5. The largest absolute Gasteiger partial charge is 0.505 e. The Morgan fingerprint density at radius 1 is 1.28 bits per heavy atom. The molecule has 0 fully saturated rings. The van der Waals surface area contributed by atoms with Crippen molar-refractivity contribution in [1.82, 2.24) is 4.57 Å². The molecule has 5 nitrogen and oxygen atoms in total. The number of carbonyl (C=O) groups is 2. The van der Waals surface area contributed by atoms with Gasteiger partial charge in [-0.25, -0.2) is 4.39 Å². The fraction of sp³-hybridized carbons (Fsp3) is 0.273. The van der Waals surface area contributed by atoms with Gasteiger partial charge < -0.3 is 9.84 Å². The number of fused-ring (bicyclic) bond motifs is 1. The maximum absolute atomic E-state index is 14.8. The quantitative estimate of drug-likeness (QED) is 0.558. The van der Waals surface area contributed by atoms with Crippen molar-refractivity contribution in [3.8, 4) is 11.5 Å². The molecule has 0 saturated heterocycles. The number of nitrogens with zero attached hydrogens (tertiary/aromatic N) is 1. The summed E-state index contributed by atoms with van der Waals surface area (Å²) in [6, 6.07) is 8.93. The molecule has 3 aromatic rings. The van der Waals surface area contributed by atoms with Crippen LogP contribution in [0.4, 0.5) is 4.39 Å². The Balaban J connectivity index is 2.17. The zero-order valence-electron chi connectivity index (χ0n) is 16.3. The molecule has 7 heteroatoms. The molecule has 1 N–H and O–H groups in total. The Morgan fingerprint density at radius 3 is 2.66 bits per heavy atom. The summed E-state index contributed by atoms with van der Waals surface area (Å²) in [5, 5.41) is 10.1. The smallest absolute Gasteiger partial charge is 0.311 e. The van der Waals surface area contributed by atoms with Crippen molar-refractivity contribution in [2.45, 2.75) is 33.6 Å². The summed E-state index contributed by atoms with van der Waals surface area (Å²) in [6.45, 7) is 5.42. The van der Waals surface area contributed by atoms with Crippen molar-refractivity contribution in [2.75, 3.05) is 0 Å². The van der Waals surface area contributed by atoms with Crippen LogP contribution in [0.2, 0.25) is 5.02 Å². The first-order valence-electron chi connectivity index (χ1n) is 9.28. The first kappa shape index (κ1) is 20.9. The van der Waals surface area contributed by atoms with E-state index in [4.69, 9.17) is 16.3 Å². The van der Waals surface area contributed by atoms with Crippen molar-refractivity contribution in [3.05, 3.63) is 58.5 Å². The lowest BCUT2D eigenvalue weighted by Gasteiger charge is -2.10. The van der Waals surface area contributed by atoms with Gasteiger partial charge in [-0.15, -0.1) is 0 Å². The van der Waals surface area contributed by atoms with Crippen LogP contribution < -0.4 is 4.74 Å². The van der Waals surface area contributed by atoms with E-state index in [0.717, 1.165) is 12.5 Å². The molecule has 0 radical (unpaired) electrons. The third kappa shape index (κ3) is 3.98. The standard InChI is InChI=1S/C22H21ClFNO4/c1-4-12(2)10-18(27)29-21-13(3)25(16-8-9-17(26)20(24)19(16)21)22(28)14-6-5-7-15(23)11-14/h5-9,11-12,26H,4,10H2,1-3H3. The van der Waals surface area contributed by atoms with E-state index in [0.29, 0.717) is 10.6 Å². The second-order valence-electron chi connectivity index (χ2n) is 7.05. The van der Waals surface area contributed by atoms with E-state index in [1.807, 2.05) is 13.8 Å². The lowest BCUT2D eigenvalue weighted by atomic mass is 10.1. The van der Waals surface area contributed by atoms with Crippen LogP contribution in [0.5, 0.6) is 11.5 Å². The van der Waals surface area contributed by atoms with Crippen LogP contribution in [0.3, 0.4) is 0 Å². The number of benzene rings is 2. The van der Waals surface area contributed by atoms with Crippen LogP contribution in [-0.4, -0.2) is 21.6 Å². The van der Waals surface area contributed by atoms with Gasteiger partial charge >= 0.3 is 5.97 Å². The number of hydrogen-bond acceptors (Lipinski definition) is 4. The van der Waals surface area contributed by atoms with E-state index in [1.54, 1.807) is 25.1 Å². The SMILES string of the molecule is CCC(C)CC(=O)Oc1c(C)n(C(=O)c2cccc(Cl)c2)c2ccc(O)c(F)c12. The van der Waals surface area contributed by atoms with Crippen LogP contribution in [0.25, 0.3) is 10.9 Å². The zero-order valence-corrected chi connectivity index (χ0v) is 17.1. The van der Waals surface area contributed by atoms with Gasteiger partial charge in [-0.3, -0.25) is 14.2 Å². The molecule has 0 aliphatic heterocycles. The molecule has 3 rings (SSSR count). The Labute approximate surface area is 172 Å². The van der Waals surface area contributed by atoms with Gasteiger partial charge in [0.25, 0.3) is 5.91 Å². The van der Waals surface area contributed by atoms with Gasteiger partial charge in [-0.2, -0.15) is 0 Å². The maximum Gasteiger partial charge on any atom is 0.311 e. The van der Waals surface area contributed by atoms with Gasteiger partial charge in [0.15, 0.2) is 17.3 Å². The Hall–Kier alpha value is -2.86. The third-order valence-corrected chi connectivity index (χ3v) is 5.17. The summed E-state index contributed by atoms with van der Waals surface area (Å²) in [5.74, 6) is -2.50. The van der Waals surface area contributed by atoms with Crippen LogP contribution >= 0.6 is 11.6 Å². The number of phenolic OH excluding ortho intramolecular Hbond substituents is 1. The second kappa shape index (κ2) is 8.25. The first-order valence-corrected chi connectivity index (χ1v) is 9.65. The molecule has 0 saturated carbocycles. The minimum absolute atomic E-state index is 0.0721. The van der Waals surface area contributed by atoms with Gasteiger partial charge in [-0.05, 0) is 43.2 Å². The molecule has 1 aromatic heterocycles. The van der Waals surface area contributed by atoms with E-state index in [-0.39, 0.29) is 34.7 Å². The van der Waals surface area contributed by atoms with Crippen molar-refractivity contribution in [3.63, 3.8) is 0 Å². The number of halogens is 2. The highest BCUT2D eigenvalue weighted by Gasteiger charge is 2.26. The molecule has 0 aliphatic rings. The molecule has 1 atom stereocenters. The number of ether oxygens (including phenoxy) is 1. The monoisotopic (exact) mass is 417 g/mol. The summed E-state index contributed by atoms with van der Waals surface area (Å²) in [5.41, 5.74) is 0.740. The summed E-state index contributed by atoms with van der Waals surface area (Å²) in [7, 11) is 0. The molecular formula is C22H21ClFNO4. The number of hydrogen-bond donors (Lipinski definition) is 1. The van der Waals surface area contributed by atoms with Crippen LogP contribution in [-0.2, 0) is 4.79 Å². The van der Waals surface area contributed by atoms with Crippen molar-refractivity contribution < 1.29 is 23.8 Å². The van der Waals surface area contributed by atoms with Crippen molar-refractivity contribution in [1.29, 1.82) is 0 Å². The predicted octanol–water partition coefficient (Wildman–Crippen LogP) is 5.48. The molecule has 0 amide bonds. The fourth-order valence-electron chi connectivity index (χ4n) is 3.14. The highest BCUT2D eigenvalue weighted by Crippen LogP contribution is 2.38. The van der Waals surface area contributed by atoms with Crippen LogP contribution in [0.15, 0.2) is 36.4 Å². The topological polar surface area (TPSA) is 68.5 Å². The van der Waals surface area contributed by atoms with Crippen LogP contribution in [0.1, 0.15) is 42.7 Å². The molecule has 0 aliphatic carbocycles. The Bertz CT molecular complexity index is 1110. The zero-order chi connectivity index (χ0) is 21.3. The van der Waals surface area contributed by atoms with Gasteiger partial charge in [0.2, 0.25) is 0 Å². The highest BCUT2D eigenvalue weighted by molar-refractivity contribution is 6.31. The molecule has 1 unspecified atom stereocenters. The normalized spacial score (nSPS) is 12.2. The predicted molar refractivity (Wildman–Crippen MR) is 109 cm³/mol. The van der Waals surface area contributed by atoms with E-state index in [9.17, 15) is 19.1 Å². The van der Waals surface area contributed by atoms with Gasteiger partial charge in [-0.1, -0.05) is 37.9 Å². The minimum Gasteiger partial charge on any atom is -0.505 e. The molecule has 0 spiro atoms. The molecule has 2 aromatic carbocycles. The maximum atomic E-state index is 14.8. The van der Waals surface area contributed by atoms with Gasteiger partial charge in [0.05, 0.1) is 16.6 Å². The number of aromatic nitrogens is 1. The van der Waals surface area contributed by atoms with Crippen LogP contribution in [0, 0.1) is 18.7 Å². The van der Waals surface area contributed by atoms with Crippen molar-refractivity contribution >= 4 is 34.4 Å². The number of esters is 1. The average Bonchev–Trinajstić information content (AvgIpc) is 2.96. The molecule has 1 heterocycles. The van der Waals surface area contributed by atoms with E-state index in [1.165, 1.54) is 16.7 Å². The fourth-order valence-corrected chi connectivity index (χ4v) is 3.33.